The maximum absolute atomic E-state index is 6.29. The lowest BCUT2D eigenvalue weighted by atomic mass is 9.89. The average molecular weight is 1780 g/mol. The molecule has 648 valence electrons. The van der Waals surface area contributed by atoms with E-state index in [1.165, 1.54) is 32.3 Å². The zero-order valence-electron chi connectivity index (χ0n) is 74.7. The van der Waals surface area contributed by atoms with E-state index < -0.39 is 0 Å². The largest absolute Gasteiger partial charge is 0.456 e. The molecule has 0 amide bonds. The third-order valence-corrected chi connectivity index (χ3v) is 26.5. The molecule has 0 aliphatic rings. The third-order valence-electron chi connectivity index (χ3n) is 26.5. The van der Waals surface area contributed by atoms with E-state index in [9.17, 15) is 0 Å². The minimum Gasteiger partial charge on any atom is -0.456 e. The molecule has 0 spiro atoms. The van der Waals surface area contributed by atoms with Crippen molar-refractivity contribution in [3.8, 4) is 136 Å². The molecule has 12 heteroatoms. The zero-order valence-corrected chi connectivity index (χ0v) is 74.7. The number of para-hydroxylation sites is 3. The highest BCUT2D eigenvalue weighted by Gasteiger charge is 2.26. The second-order valence-corrected chi connectivity index (χ2v) is 34.8. The fourth-order valence-corrected chi connectivity index (χ4v) is 20.1. The van der Waals surface area contributed by atoms with Crippen molar-refractivity contribution in [2.24, 2.45) is 0 Å². The van der Waals surface area contributed by atoms with Gasteiger partial charge in [-0.05, 0) is 182 Å². The molecule has 139 heavy (non-hydrogen) atoms. The normalized spacial score (nSPS) is 11.6. The molecule has 12 nitrogen and oxygen atoms in total. The van der Waals surface area contributed by atoms with Crippen LogP contribution in [-0.4, -0.2) is 44.9 Å². The number of rotatable bonds is 12. The third kappa shape index (κ3) is 14.6. The van der Waals surface area contributed by atoms with Gasteiger partial charge in [0.1, 0.15) is 33.5 Å². The van der Waals surface area contributed by atoms with Gasteiger partial charge in [-0.25, -0.2) is 44.9 Å². The second kappa shape index (κ2) is 34.3. The highest BCUT2D eigenvalue weighted by molar-refractivity contribution is 6.24. The molecule has 0 radical (unpaired) electrons. The lowest BCUT2D eigenvalue weighted by Gasteiger charge is -2.15. The van der Waals surface area contributed by atoms with Crippen LogP contribution in [0.25, 0.3) is 277 Å². The molecule has 28 rings (SSSR count). The van der Waals surface area contributed by atoms with E-state index in [2.05, 4.69) is 279 Å². The van der Waals surface area contributed by atoms with Crippen molar-refractivity contribution < 1.29 is 13.3 Å². The molecular formula is C127H77N9O3. The fourth-order valence-electron chi connectivity index (χ4n) is 20.1. The predicted octanol–water partition coefficient (Wildman–Crippen LogP) is 33.4. The molecule has 0 bridgehead atoms. The van der Waals surface area contributed by atoms with Gasteiger partial charge in [-0.2, -0.15) is 0 Å². The zero-order chi connectivity index (χ0) is 91.8. The van der Waals surface area contributed by atoms with Crippen molar-refractivity contribution in [3.05, 3.63) is 467 Å². The first-order valence-electron chi connectivity index (χ1n) is 46.5. The Morgan fingerprint density at radius 3 is 0.856 bits per heavy atom. The Hall–Kier alpha value is -18.9. The van der Waals surface area contributed by atoms with Crippen molar-refractivity contribution in [2.45, 2.75) is 0 Å². The number of hydrogen-bond acceptors (Lipinski definition) is 12. The van der Waals surface area contributed by atoms with Crippen LogP contribution in [0, 0.1) is 0 Å². The van der Waals surface area contributed by atoms with Gasteiger partial charge in [0.15, 0.2) is 52.4 Å². The average Bonchev–Trinajstić information content (AvgIpc) is 1.69. The summed E-state index contributed by atoms with van der Waals surface area (Å²) in [6.07, 6.45) is 0. The van der Waals surface area contributed by atoms with Gasteiger partial charge < -0.3 is 13.3 Å². The van der Waals surface area contributed by atoms with Crippen LogP contribution in [-0.2, 0) is 0 Å². The van der Waals surface area contributed by atoms with E-state index in [4.69, 9.17) is 58.1 Å². The highest BCUT2D eigenvalue weighted by Crippen LogP contribution is 2.49. The van der Waals surface area contributed by atoms with Gasteiger partial charge in [0, 0.05) is 82.4 Å². The second-order valence-electron chi connectivity index (χ2n) is 34.8. The Morgan fingerprint density at radius 1 is 0.115 bits per heavy atom. The molecule has 0 N–H and O–H groups in total. The van der Waals surface area contributed by atoms with Crippen molar-refractivity contribution in [3.63, 3.8) is 0 Å². The van der Waals surface area contributed by atoms with E-state index in [0.717, 1.165) is 192 Å². The number of furan rings is 3. The van der Waals surface area contributed by atoms with Crippen LogP contribution in [0.1, 0.15) is 0 Å². The maximum atomic E-state index is 6.29. The van der Waals surface area contributed by atoms with Crippen molar-refractivity contribution in [1.82, 2.24) is 44.9 Å². The molecule has 0 fully saturated rings. The van der Waals surface area contributed by atoms with E-state index in [-0.39, 0.29) is 0 Å². The summed E-state index contributed by atoms with van der Waals surface area (Å²) >= 11 is 0. The van der Waals surface area contributed by atoms with E-state index in [1.54, 1.807) is 0 Å². The van der Waals surface area contributed by atoms with Gasteiger partial charge in [0.25, 0.3) is 0 Å². The Labute approximate surface area is 796 Å². The first kappa shape index (κ1) is 80.9. The van der Waals surface area contributed by atoms with E-state index in [1.807, 2.05) is 188 Å². The molecule has 6 aromatic heterocycles. The summed E-state index contributed by atoms with van der Waals surface area (Å²) < 4.78 is 18.9. The Bertz CT molecular complexity index is 9620. The van der Waals surface area contributed by atoms with Crippen LogP contribution in [0.4, 0.5) is 0 Å². The molecule has 0 saturated heterocycles. The van der Waals surface area contributed by atoms with E-state index in [0.29, 0.717) is 52.4 Å². The van der Waals surface area contributed by atoms with Gasteiger partial charge in [-0.1, -0.05) is 394 Å². The monoisotopic (exact) mass is 1780 g/mol. The molecule has 22 aromatic carbocycles. The summed E-state index contributed by atoms with van der Waals surface area (Å²) in [6, 6.07) is 161. The van der Waals surface area contributed by atoms with Crippen molar-refractivity contribution in [2.75, 3.05) is 0 Å². The molecular weight excluding hydrogens is 1700 g/mol. The highest BCUT2D eigenvalue weighted by atomic mass is 16.3. The fraction of sp³-hybridized carbons (Fsp3) is 0. The minimum atomic E-state index is 0.628. The summed E-state index contributed by atoms with van der Waals surface area (Å²) in [6.45, 7) is 0. The van der Waals surface area contributed by atoms with Crippen LogP contribution in [0.2, 0.25) is 0 Å². The number of hydrogen-bond donors (Lipinski definition) is 0. The van der Waals surface area contributed by atoms with Crippen LogP contribution >= 0.6 is 0 Å². The number of nitrogens with zero attached hydrogens (tertiary/aromatic N) is 9. The van der Waals surface area contributed by atoms with Gasteiger partial charge in [-0.3, -0.25) is 0 Å². The Kier molecular flexibility index (Phi) is 20.0. The first-order valence-corrected chi connectivity index (χ1v) is 46.5. The van der Waals surface area contributed by atoms with Crippen LogP contribution in [0.15, 0.2) is 480 Å². The molecule has 6 heterocycles. The smallest absolute Gasteiger partial charge is 0.164 e. The van der Waals surface area contributed by atoms with Gasteiger partial charge in [0.2, 0.25) is 0 Å². The summed E-state index contributed by atoms with van der Waals surface area (Å²) in [4.78, 5) is 45.9. The quantitative estimate of drug-likeness (QED) is 0.107. The Morgan fingerprint density at radius 2 is 0.396 bits per heavy atom. The topological polar surface area (TPSA) is 155 Å². The molecule has 0 aliphatic heterocycles. The van der Waals surface area contributed by atoms with Gasteiger partial charge in [0.05, 0.1) is 0 Å². The molecule has 28 aromatic rings. The summed E-state index contributed by atoms with van der Waals surface area (Å²) in [5.41, 5.74) is 20.5. The summed E-state index contributed by atoms with van der Waals surface area (Å²) in [7, 11) is 0. The first-order chi connectivity index (χ1) is 68.9. The van der Waals surface area contributed by atoms with Crippen LogP contribution in [0.5, 0.6) is 0 Å². The summed E-state index contributed by atoms with van der Waals surface area (Å²) in [5, 5.41) is 22.6. The molecule has 0 unspecified atom stereocenters. The van der Waals surface area contributed by atoms with Crippen molar-refractivity contribution in [1.29, 1.82) is 0 Å². The van der Waals surface area contributed by atoms with Crippen LogP contribution < -0.4 is 0 Å². The number of benzene rings is 22. The molecule has 0 atom stereocenters. The standard InChI is InChI=1S/C45H27N3O.2C41H25N3O/c1-2-13-28(14-3-1)43-46-44(48-45(47-43)39-26-30-16-5-6-17-32(30)35-19-8-9-20-36(35)39)38-27-31(25-29-15-4-7-18-33(29)38)34-22-12-24-41-42(34)37-21-10-11-23-40(37)49-41;1-3-13-27(14-4-1)39-42-40(28-15-5-2-6-16-28)44-41(43-39)35-25-29(24-34-30-17-8-7-12-26(30)22-23-32(34)35)31-19-11-21-37-38(31)33-18-9-10-20-36(33)45-37;1-3-13-27(14-4-1)39-42-40(28-15-5-2-6-16-28)44-41(43-39)33-25-24-31(37-29-17-8-7-12-26(29)22-23-32(33)37)30-19-11-21-36-38(30)34-18-9-10-20-35(34)45-36/h1-27H;2*1-25H. The minimum absolute atomic E-state index is 0.628. The lowest BCUT2D eigenvalue weighted by Crippen LogP contribution is -2.01. The lowest BCUT2D eigenvalue weighted by molar-refractivity contribution is 0.668. The van der Waals surface area contributed by atoms with Gasteiger partial charge in [-0.15, -0.1) is 0 Å². The molecule has 0 saturated carbocycles. The van der Waals surface area contributed by atoms with Gasteiger partial charge >= 0.3 is 0 Å². The van der Waals surface area contributed by atoms with Crippen LogP contribution in [0.3, 0.4) is 0 Å². The van der Waals surface area contributed by atoms with Crippen molar-refractivity contribution >= 4 is 141 Å². The summed E-state index contributed by atoms with van der Waals surface area (Å²) in [5.74, 6) is 5.75. The molecule has 0 aliphatic carbocycles. The SMILES string of the molecule is c1ccc(-c2nc(-c3cc(-c4cccc5oc6ccccc6c45)cc4ccccc34)nc(-c3cc4ccccc4c4ccccc34)n2)cc1.c1ccc(-c2nc(-c3ccccc3)nc(-c3cc(-c4cccc5oc6ccccc6c45)cc4c3ccc3ccccc34)n2)cc1.c1ccc(-c2nc(-c3ccccc3)nc(-c3ccc(-c4cccc5oc6ccccc6c45)c4c3ccc3ccccc34)n2)cc1. The number of fused-ring (bicyclic) bond motifs is 19. The Balaban J connectivity index is 0.000000108. The van der Waals surface area contributed by atoms with E-state index >= 15 is 0 Å². The number of aromatic nitrogens is 9. The maximum Gasteiger partial charge on any atom is 0.164 e. The predicted molar refractivity (Wildman–Crippen MR) is 569 cm³/mol.